The Morgan fingerprint density at radius 1 is 1.00 bits per heavy atom. The summed E-state index contributed by atoms with van der Waals surface area (Å²) < 4.78 is 13.5. The maximum absolute atomic E-state index is 10.1. The van der Waals surface area contributed by atoms with Crippen LogP contribution in [0.15, 0.2) is 0 Å². The smallest absolute Gasteiger partial charge is 0.305 e. The first kappa shape index (κ1) is 21.4. The van der Waals surface area contributed by atoms with Gasteiger partial charge in [-0.25, -0.2) is 0 Å². The molecule has 0 spiro atoms. The Balaban J connectivity index is -0.000000180. The van der Waals surface area contributed by atoms with Gasteiger partial charge >= 0.3 is 5.97 Å². The largest absolute Gasteiger partial charge is 0.469 e. The van der Waals surface area contributed by atoms with E-state index in [1.807, 2.05) is 13.8 Å². The molecule has 0 aliphatic heterocycles. The average Bonchev–Trinajstić information content (AvgIpc) is 2.36. The van der Waals surface area contributed by atoms with Gasteiger partial charge in [0.1, 0.15) is 6.61 Å². The van der Waals surface area contributed by atoms with E-state index in [4.69, 9.17) is 4.74 Å². The molecule has 17 heavy (non-hydrogen) atoms. The fourth-order valence-electron chi connectivity index (χ4n) is 0.390. The van der Waals surface area contributed by atoms with Gasteiger partial charge in [-0.15, -0.1) is 0 Å². The van der Waals surface area contributed by atoms with Crippen LogP contribution in [0.3, 0.4) is 0 Å². The summed E-state index contributed by atoms with van der Waals surface area (Å²) in [4.78, 5) is 20.0. The van der Waals surface area contributed by atoms with Gasteiger partial charge in [0.2, 0.25) is 0 Å². The van der Waals surface area contributed by atoms with Gasteiger partial charge in [-0.1, -0.05) is 6.92 Å². The van der Waals surface area contributed by atoms with Gasteiger partial charge < -0.3 is 14.2 Å². The van der Waals surface area contributed by atoms with Crippen molar-refractivity contribution in [2.45, 2.75) is 34.1 Å². The minimum atomic E-state index is -0.157. The van der Waals surface area contributed by atoms with E-state index in [1.54, 1.807) is 14.0 Å². The van der Waals surface area contributed by atoms with Crippen molar-refractivity contribution in [1.29, 1.82) is 0 Å². The van der Waals surface area contributed by atoms with Gasteiger partial charge in [0.05, 0.1) is 7.11 Å². The fourth-order valence-corrected chi connectivity index (χ4v) is 0.390. The normalized spacial score (nSPS) is 8.12. The number of hydrogen-bond acceptors (Lipinski definition) is 5. The van der Waals surface area contributed by atoms with Crippen LogP contribution in [0.25, 0.3) is 0 Å². The number of carbonyl (C=O) groups is 2. The van der Waals surface area contributed by atoms with Crippen LogP contribution < -0.4 is 0 Å². The molecule has 0 radical (unpaired) electrons. The Hall–Kier alpha value is -0.940. The van der Waals surface area contributed by atoms with Crippen LogP contribution in [0.4, 0.5) is 0 Å². The highest BCUT2D eigenvalue weighted by Crippen LogP contribution is 1.76. The number of esters is 1. The third-order valence-corrected chi connectivity index (χ3v) is 1.31. The zero-order valence-corrected chi connectivity index (χ0v) is 11.9. The lowest BCUT2D eigenvalue weighted by Gasteiger charge is -1.91. The molecule has 0 rings (SSSR count). The van der Waals surface area contributed by atoms with E-state index in [2.05, 4.69) is 9.47 Å². The lowest BCUT2D eigenvalue weighted by atomic mass is 10.5. The van der Waals surface area contributed by atoms with E-state index in [0.717, 1.165) is 6.61 Å². The SMILES string of the molecule is CCC(=O)OC.CCOC.CCOCC(C)=O. The number of rotatable bonds is 5. The summed E-state index contributed by atoms with van der Waals surface area (Å²) in [7, 11) is 3.06. The summed E-state index contributed by atoms with van der Waals surface area (Å²) in [5, 5.41) is 0. The second kappa shape index (κ2) is 20.5. The van der Waals surface area contributed by atoms with E-state index in [9.17, 15) is 9.59 Å². The summed E-state index contributed by atoms with van der Waals surface area (Å²) in [5.41, 5.74) is 0. The predicted molar refractivity (Wildman–Crippen MR) is 67.0 cm³/mol. The lowest BCUT2D eigenvalue weighted by Crippen LogP contribution is -2.02. The monoisotopic (exact) mass is 250 g/mol. The molecule has 0 saturated heterocycles. The van der Waals surface area contributed by atoms with Gasteiger partial charge in [0, 0.05) is 26.7 Å². The van der Waals surface area contributed by atoms with Crippen molar-refractivity contribution >= 4 is 11.8 Å². The van der Waals surface area contributed by atoms with Crippen LogP contribution in [-0.4, -0.2) is 45.8 Å². The average molecular weight is 250 g/mol. The highest BCUT2D eigenvalue weighted by molar-refractivity contribution is 5.76. The third-order valence-electron chi connectivity index (χ3n) is 1.31. The molecule has 0 saturated carbocycles. The van der Waals surface area contributed by atoms with E-state index in [-0.39, 0.29) is 18.4 Å². The molecule has 0 atom stereocenters. The molecular weight excluding hydrogens is 224 g/mol. The first-order valence-corrected chi connectivity index (χ1v) is 5.62. The van der Waals surface area contributed by atoms with Crippen LogP contribution >= 0.6 is 0 Å². The summed E-state index contributed by atoms with van der Waals surface area (Å²) in [6, 6.07) is 0. The van der Waals surface area contributed by atoms with Crippen molar-refractivity contribution in [3.05, 3.63) is 0 Å². The van der Waals surface area contributed by atoms with Crippen molar-refractivity contribution in [2.24, 2.45) is 0 Å². The molecule has 0 aliphatic carbocycles. The molecule has 5 heteroatoms. The van der Waals surface area contributed by atoms with Gasteiger partial charge in [-0.2, -0.15) is 0 Å². The van der Waals surface area contributed by atoms with E-state index in [1.165, 1.54) is 14.0 Å². The number of Topliss-reactive ketones (excluding diaryl/α,β-unsaturated/α-hetero) is 1. The third kappa shape index (κ3) is 39.5. The van der Waals surface area contributed by atoms with Crippen molar-refractivity contribution in [3.8, 4) is 0 Å². The Morgan fingerprint density at radius 2 is 1.47 bits per heavy atom. The zero-order valence-electron chi connectivity index (χ0n) is 11.9. The van der Waals surface area contributed by atoms with Gasteiger partial charge in [0.15, 0.2) is 5.78 Å². The second-order valence-electron chi connectivity index (χ2n) is 2.85. The molecular formula is C12H26O5. The van der Waals surface area contributed by atoms with Gasteiger partial charge in [-0.3, -0.25) is 9.59 Å². The van der Waals surface area contributed by atoms with Crippen molar-refractivity contribution < 1.29 is 23.8 Å². The molecule has 0 heterocycles. The van der Waals surface area contributed by atoms with E-state index >= 15 is 0 Å². The van der Waals surface area contributed by atoms with Crippen LogP contribution in [0, 0.1) is 0 Å². The number of ketones is 1. The Bertz CT molecular complexity index is 160. The summed E-state index contributed by atoms with van der Waals surface area (Å²) >= 11 is 0. The van der Waals surface area contributed by atoms with Crippen LogP contribution in [0.1, 0.15) is 34.1 Å². The molecule has 0 unspecified atom stereocenters. The molecule has 0 amide bonds. The quantitative estimate of drug-likeness (QED) is 0.697. The van der Waals surface area contributed by atoms with E-state index in [0.29, 0.717) is 13.0 Å². The Labute approximate surface area is 104 Å². The molecule has 0 N–H and O–H groups in total. The molecule has 5 nitrogen and oxygen atoms in total. The number of methoxy groups -OCH3 is 2. The highest BCUT2D eigenvalue weighted by atomic mass is 16.5. The van der Waals surface area contributed by atoms with Crippen molar-refractivity contribution in [2.75, 3.05) is 34.0 Å². The maximum atomic E-state index is 10.1. The topological polar surface area (TPSA) is 61.8 Å². The highest BCUT2D eigenvalue weighted by Gasteiger charge is 1.87. The molecule has 0 aliphatic rings. The summed E-state index contributed by atoms with van der Waals surface area (Å²) in [6.45, 7) is 8.79. The fraction of sp³-hybridized carbons (Fsp3) is 0.833. The van der Waals surface area contributed by atoms with Crippen LogP contribution in [0.2, 0.25) is 0 Å². The molecule has 104 valence electrons. The first-order chi connectivity index (χ1) is 7.99. The minimum absolute atomic E-state index is 0.0850. The van der Waals surface area contributed by atoms with Crippen LogP contribution in [-0.2, 0) is 23.8 Å². The van der Waals surface area contributed by atoms with Gasteiger partial charge in [0.25, 0.3) is 0 Å². The van der Waals surface area contributed by atoms with Crippen molar-refractivity contribution in [1.82, 2.24) is 0 Å². The molecule has 0 aromatic heterocycles. The second-order valence-corrected chi connectivity index (χ2v) is 2.85. The van der Waals surface area contributed by atoms with Crippen LogP contribution in [0.5, 0.6) is 0 Å². The minimum Gasteiger partial charge on any atom is -0.469 e. The van der Waals surface area contributed by atoms with E-state index < -0.39 is 0 Å². The standard InChI is InChI=1S/C5H10O2.C4H8O2.C3H8O/c1-3-7-4-5(2)6;1-3-4(5)6-2;1-3-4-2/h3-4H2,1-2H3;3H2,1-2H3;3H2,1-2H3. The molecule has 0 bridgehead atoms. The lowest BCUT2D eigenvalue weighted by molar-refractivity contribution is -0.140. The first-order valence-electron chi connectivity index (χ1n) is 5.62. The Morgan fingerprint density at radius 3 is 1.53 bits per heavy atom. The molecule has 0 fully saturated rings. The summed E-state index contributed by atoms with van der Waals surface area (Å²) in [5.74, 6) is -0.0724. The zero-order chi connectivity index (χ0) is 14.1. The number of hydrogen-bond donors (Lipinski definition) is 0. The van der Waals surface area contributed by atoms with Gasteiger partial charge in [-0.05, 0) is 20.8 Å². The Kier molecular flexibility index (Phi) is 25.7. The van der Waals surface area contributed by atoms with Crippen molar-refractivity contribution in [3.63, 3.8) is 0 Å². The molecule has 0 aromatic rings. The number of ether oxygens (including phenoxy) is 3. The molecule has 0 aromatic carbocycles. The predicted octanol–water partition coefficient (Wildman–Crippen LogP) is 1.83. The number of carbonyl (C=O) groups excluding carboxylic acids is 2. The maximum Gasteiger partial charge on any atom is 0.305 e. The summed E-state index contributed by atoms with van der Waals surface area (Å²) in [6.07, 6.45) is 0.469.